The molecular formula is C12H24O8S. The van der Waals surface area contributed by atoms with E-state index < -0.39 is 22.2 Å². The Balaban J connectivity index is 3.31. The van der Waals surface area contributed by atoms with Crippen molar-refractivity contribution in [3.8, 4) is 0 Å². The van der Waals surface area contributed by atoms with Gasteiger partial charge in [0.1, 0.15) is 0 Å². The van der Waals surface area contributed by atoms with Gasteiger partial charge in [0.2, 0.25) is 0 Å². The molecule has 21 heavy (non-hydrogen) atoms. The molecule has 0 amide bonds. The zero-order chi connectivity index (χ0) is 16.1. The average Bonchev–Trinajstić information content (AvgIpc) is 2.39. The highest BCUT2D eigenvalue weighted by Crippen LogP contribution is 1.94. The quantitative estimate of drug-likeness (QED) is 0.264. The van der Waals surface area contributed by atoms with Gasteiger partial charge < -0.3 is 18.9 Å². The first-order chi connectivity index (χ1) is 9.87. The summed E-state index contributed by atoms with van der Waals surface area (Å²) in [6.45, 7) is 5.09. The van der Waals surface area contributed by atoms with E-state index in [1.54, 1.807) is 13.8 Å². The van der Waals surface area contributed by atoms with E-state index in [1.165, 1.54) is 0 Å². The van der Waals surface area contributed by atoms with Crippen molar-refractivity contribution in [2.24, 2.45) is 0 Å². The van der Waals surface area contributed by atoms with Crippen molar-refractivity contribution in [2.75, 3.05) is 52.5 Å². The predicted molar refractivity (Wildman–Crippen MR) is 74.5 cm³/mol. The van der Waals surface area contributed by atoms with Gasteiger partial charge in [-0.2, -0.15) is 8.42 Å². The Labute approximate surface area is 125 Å². The van der Waals surface area contributed by atoms with E-state index in [9.17, 15) is 13.2 Å². The summed E-state index contributed by atoms with van der Waals surface area (Å²) in [7, 11) is -3.41. The van der Waals surface area contributed by atoms with Crippen LogP contribution in [-0.4, -0.2) is 73.0 Å². The Morgan fingerprint density at radius 2 is 1.52 bits per heavy atom. The minimum atomic E-state index is -3.41. The monoisotopic (exact) mass is 328 g/mol. The molecule has 126 valence electrons. The number of hydrogen-bond donors (Lipinski definition) is 0. The van der Waals surface area contributed by atoms with Gasteiger partial charge in [-0.15, -0.1) is 0 Å². The van der Waals surface area contributed by atoms with Gasteiger partial charge in [0.05, 0.1) is 52.5 Å². The molecular weight excluding hydrogens is 304 g/mol. The van der Waals surface area contributed by atoms with E-state index in [-0.39, 0.29) is 19.8 Å². The molecule has 8 nitrogen and oxygen atoms in total. The molecule has 0 aliphatic rings. The van der Waals surface area contributed by atoms with Crippen molar-refractivity contribution < 1.29 is 36.3 Å². The Morgan fingerprint density at radius 1 is 1.00 bits per heavy atom. The van der Waals surface area contributed by atoms with Crippen LogP contribution in [0.25, 0.3) is 0 Å². The molecule has 0 saturated carbocycles. The lowest BCUT2D eigenvalue weighted by molar-refractivity contribution is -0.156. The van der Waals surface area contributed by atoms with Crippen LogP contribution in [0.3, 0.4) is 0 Å². The molecule has 0 aromatic heterocycles. The number of hydrogen-bond acceptors (Lipinski definition) is 8. The van der Waals surface area contributed by atoms with Crippen molar-refractivity contribution in [3.05, 3.63) is 0 Å². The van der Waals surface area contributed by atoms with E-state index in [1.807, 2.05) is 0 Å². The second-order valence-electron chi connectivity index (χ2n) is 4.02. The fourth-order valence-corrected chi connectivity index (χ4v) is 1.55. The van der Waals surface area contributed by atoms with Crippen LogP contribution in [0.1, 0.15) is 13.8 Å². The molecule has 0 saturated heterocycles. The molecule has 1 unspecified atom stereocenters. The first-order valence-corrected chi connectivity index (χ1v) is 8.46. The highest BCUT2D eigenvalue weighted by molar-refractivity contribution is 7.85. The normalized spacial score (nSPS) is 13.1. The molecule has 0 aromatic rings. The number of carbonyl (C=O) groups is 1. The fraction of sp³-hybridized carbons (Fsp3) is 0.917. The van der Waals surface area contributed by atoms with Crippen LogP contribution in [0.4, 0.5) is 0 Å². The number of ether oxygens (including phenoxy) is 4. The SMILES string of the molecule is CCOC(=O)C(C)OCCOCCOCCOS(C)(=O)=O. The summed E-state index contributed by atoms with van der Waals surface area (Å²) in [6, 6.07) is 0. The van der Waals surface area contributed by atoms with Crippen molar-refractivity contribution in [2.45, 2.75) is 20.0 Å². The summed E-state index contributed by atoms with van der Waals surface area (Å²) in [4.78, 5) is 11.2. The fourth-order valence-electron chi connectivity index (χ4n) is 1.18. The van der Waals surface area contributed by atoms with Gasteiger partial charge >= 0.3 is 5.97 Å². The van der Waals surface area contributed by atoms with Crippen molar-refractivity contribution >= 4 is 16.1 Å². The van der Waals surface area contributed by atoms with Crippen LogP contribution in [0, 0.1) is 0 Å². The minimum Gasteiger partial charge on any atom is -0.464 e. The summed E-state index contributed by atoms with van der Waals surface area (Å²) in [5, 5.41) is 0. The molecule has 9 heteroatoms. The molecule has 0 heterocycles. The largest absolute Gasteiger partial charge is 0.464 e. The standard InChI is InChI=1S/C12H24O8S/c1-4-18-12(13)11(2)19-9-7-16-5-6-17-8-10-20-21(3,14)15/h11H,4-10H2,1-3H3. The lowest BCUT2D eigenvalue weighted by Gasteiger charge is -2.11. The third-order valence-electron chi connectivity index (χ3n) is 2.11. The van der Waals surface area contributed by atoms with Gasteiger partial charge in [-0.3, -0.25) is 4.18 Å². The Bertz CT molecular complexity index is 367. The Morgan fingerprint density at radius 3 is 2.05 bits per heavy atom. The molecule has 0 aromatic carbocycles. The van der Waals surface area contributed by atoms with Crippen molar-refractivity contribution in [1.29, 1.82) is 0 Å². The molecule has 0 spiro atoms. The number of rotatable bonds is 13. The highest BCUT2D eigenvalue weighted by atomic mass is 32.2. The minimum absolute atomic E-state index is 0.0149. The van der Waals surface area contributed by atoms with E-state index in [4.69, 9.17) is 18.9 Å². The predicted octanol–water partition coefficient (Wildman–Crippen LogP) is -0.0360. The second-order valence-corrected chi connectivity index (χ2v) is 5.66. The van der Waals surface area contributed by atoms with Crippen LogP contribution in [-0.2, 0) is 38.0 Å². The van der Waals surface area contributed by atoms with Crippen LogP contribution < -0.4 is 0 Å². The van der Waals surface area contributed by atoms with Crippen LogP contribution in [0.15, 0.2) is 0 Å². The van der Waals surface area contributed by atoms with E-state index in [0.717, 1.165) is 6.26 Å². The molecule has 1 atom stereocenters. The molecule has 0 aliphatic carbocycles. The highest BCUT2D eigenvalue weighted by Gasteiger charge is 2.13. The maximum absolute atomic E-state index is 11.2. The van der Waals surface area contributed by atoms with E-state index in [2.05, 4.69) is 4.18 Å². The topological polar surface area (TPSA) is 97.4 Å². The Hall–Kier alpha value is -0.740. The van der Waals surface area contributed by atoms with Crippen LogP contribution in [0.2, 0.25) is 0 Å². The van der Waals surface area contributed by atoms with Crippen LogP contribution >= 0.6 is 0 Å². The first kappa shape index (κ1) is 20.3. The summed E-state index contributed by atoms with van der Waals surface area (Å²) in [6.07, 6.45) is 0.367. The van der Waals surface area contributed by atoms with Crippen molar-refractivity contribution in [1.82, 2.24) is 0 Å². The summed E-state index contributed by atoms with van der Waals surface area (Å²) in [5.74, 6) is -0.397. The third-order valence-corrected chi connectivity index (χ3v) is 2.71. The zero-order valence-corrected chi connectivity index (χ0v) is 13.5. The maximum atomic E-state index is 11.2. The van der Waals surface area contributed by atoms with Gasteiger partial charge in [-0.05, 0) is 13.8 Å². The maximum Gasteiger partial charge on any atom is 0.334 e. The van der Waals surface area contributed by atoms with Gasteiger partial charge in [0, 0.05) is 0 Å². The molecule has 0 bridgehead atoms. The lowest BCUT2D eigenvalue weighted by atomic mass is 10.4. The molecule has 0 fully saturated rings. The summed E-state index contributed by atoms with van der Waals surface area (Å²) in [5.41, 5.74) is 0. The van der Waals surface area contributed by atoms with Crippen LogP contribution in [0.5, 0.6) is 0 Å². The summed E-state index contributed by atoms with van der Waals surface area (Å²) >= 11 is 0. The molecule has 0 N–H and O–H groups in total. The van der Waals surface area contributed by atoms with Gasteiger partial charge in [0.25, 0.3) is 10.1 Å². The average molecular weight is 328 g/mol. The molecule has 0 aliphatic heterocycles. The molecule has 0 rings (SSSR count). The van der Waals surface area contributed by atoms with E-state index >= 15 is 0 Å². The second kappa shape index (κ2) is 11.9. The lowest BCUT2D eigenvalue weighted by Crippen LogP contribution is -2.25. The molecule has 0 radical (unpaired) electrons. The number of carbonyl (C=O) groups excluding carboxylic acids is 1. The van der Waals surface area contributed by atoms with Gasteiger partial charge in [0.15, 0.2) is 6.10 Å². The first-order valence-electron chi connectivity index (χ1n) is 6.65. The Kier molecular flexibility index (Phi) is 11.5. The van der Waals surface area contributed by atoms with Gasteiger partial charge in [-0.25, -0.2) is 4.79 Å². The zero-order valence-electron chi connectivity index (χ0n) is 12.7. The smallest absolute Gasteiger partial charge is 0.334 e. The van der Waals surface area contributed by atoms with Crippen molar-refractivity contribution in [3.63, 3.8) is 0 Å². The number of esters is 1. The summed E-state index contributed by atoms with van der Waals surface area (Å²) < 4.78 is 46.1. The third kappa shape index (κ3) is 14.0. The van der Waals surface area contributed by atoms with E-state index in [0.29, 0.717) is 26.4 Å². The van der Waals surface area contributed by atoms with Gasteiger partial charge in [-0.1, -0.05) is 0 Å².